The van der Waals surface area contributed by atoms with Crippen molar-refractivity contribution < 1.29 is 18.0 Å². The van der Waals surface area contributed by atoms with Crippen molar-refractivity contribution in [3.63, 3.8) is 0 Å². The fourth-order valence-electron chi connectivity index (χ4n) is 3.90. The van der Waals surface area contributed by atoms with Crippen LogP contribution in [-0.4, -0.2) is 50.5 Å². The van der Waals surface area contributed by atoms with Crippen molar-refractivity contribution in [2.45, 2.75) is 65.5 Å². The minimum Gasteiger partial charge on any atom is -0.354 e. The highest BCUT2D eigenvalue weighted by Gasteiger charge is 2.31. The van der Waals surface area contributed by atoms with E-state index in [0.717, 1.165) is 29.0 Å². The first kappa shape index (κ1) is 30.9. The van der Waals surface area contributed by atoms with Crippen molar-refractivity contribution in [2.75, 3.05) is 23.7 Å². The van der Waals surface area contributed by atoms with Crippen LogP contribution in [-0.2, 0) is 26.2 Å². The lowest BCUT2D eigenvalue weighted by atomic mass is 10.0. The monoisotopic (exact) mass is 569 g/mol. The lowest BCUT2D eigenvalue weighted by Gasteiger charge is -2.33. The highest BCUT2D eigenvalue weighted by atomic mass is 35.5. The number of halogens is 2. The SMILES string of the molecule is CCCCNC(=O)C(CC)N(Cc1ccc(Cl)c(Cl)c1)C(=O)CN(c1ccc(C(C)C)cc1)S(C)(=O)=O. The molecule has 1 unspecified atom stereocenters. The summed E-state index contributed by atoms with van der Waals surface area (Å²) in [5.74, 6) is -0.501. The fourth-order valence-corrected chi connectivity index (χ4v) is 5.07. The fraction of sp³-hybridized carbons (Fsp3) is 0.481. The van der Waals surface area contributed by atoms with Gasteiger partial charge in [-0.25, -0.2) is 8.42 Å². The van der Waals surface area contributed by atoms with Crippen LogP contribution in [0.25, 0.3) is 0 Å². The Hall–Kier alpha value is -2.29. The van der Waals surface area contributed by atoms with Gasteiger partial charge < -0.3 is 10.2 Å². The summed E-state index contributed by atoms with van der Waals surface area (Å²) < 4.78 is 26.6. The number of benzene rings is 2. The average Bonchev–Trinajstić information content (AvgIpc) is 2.84. The van der Waals surface area contributed by atoms with Crippen LogP contribution in [0.3, 0.4) is 0 Å². The Morgan fingerprint density at radius 1 is 1.00 bits per heavy atom. The summed E-state index contributed by atoms with van der Waals surface area (Å²) in [6.07, 6.45) is 3.15. The quantitative estimate of drug-likeness (QED) is 0.318. The number of sulfonamides is 1. The molecule has 0 aliphatic heterocycles. The predicted octanol–water partition coefficient (Wildman–Crippen LogP) is 5.61. The Bertz CT molecular complexity index is 1170. The van der Waals surface area contributed by atoms with Crippen LogP contribution >= 0.6 is 23.2 Å². The first-order chi connectivity index (χ1) is 17.4. The number of nitrogens with zero attached hydrogens (tertiary/aromatic N) is 2. The van der Waals surface area contributed by atoms with Crippen molar-refractivity contribution >= 4 is 50.7 Å². The standard InChI is InChI=1S/C27H37Cl2N3O4S/c1-6-8-15-30-27(34)25(7-2)31(17-20-9-14-23(28)24(29)16-20)26(33)18-32(37(5,35)36)22-12-10-21(11-13-22)19(3)4/h9-14,16,19,25H,6-8,15,17-18H2,1-5H3,(H,30,34). The summed E-state index contributed by atoms with van der Waals surface area (Å²) in [7, 11) is -3.79. The molecule has 0 saturated carbocycles. The zero-order chi connectivity index (χ0) is 27.8. The van der Waals surface area contributed by atoms with Crippen molar-refractivity contribution in [2.24, 2.45) is 0 Å². The van der Waals surface area contributed by atoms with E-state index in [0.29, 0.717) is 34.3 Å². The maximum Gasteiger partial charge on any atom is 0.244 e. The second-order valence-electron chi connectivity index (χ2n) is 9.35. The van der Waals surface area contributed by atoms with E-state index in [1.54, 1.807) is 30.3 Å². The van der Waals surface area contributed by atoms with Gasteiger partial charge in [-0.2, -0.15) is 0 Å². The van der Waals surface area contributed by atoms with Crippen molar-refractivity contribution in [3.05, 3.63) is 63.6 Å². The molecule has 2 aromatic carbocycles. The number of hydrogen-bond acceptors (Lipinski definition) is 4. The Labute approximate surface area is 231 Å². The summed E-state index contributed by atoms with van der Waals surface area (Å²) in [5.41, 5.74) is 2.12. The molecule has 0 fully saturated rings. The Morgan fingerprint density at radius 2 is 1.65 bits per heavy atom. The van der Waals surface area contributed by atoms with Gasteiger partial charge in [0.15, 0.2) is 0 Å². The van der Waals surface area contributed by atoms with E-state index >= 15 is 0 Å². The Balaban J connectivity index is 2.42. The number of amides is 2. The zero-order valence-electron chi connectivity index (χ0n) is 22.1. The van der Waals surface area contributed by atoms with E-state index in [4.69, 9.17) is 23.2 Å². The second kappa shape index (κ2) is 14.0. The summed E-state index contributed by atoms with van der Waals surface area (Å²) >= 11 is 12.3. The van der Waals surface area contributed by atoms with E-state index < -0.39 is 28.5 Å². The van der Waals surface area contributed by atoms with Gasteiger partial charge >= 0.3 is 0 Å². The zero-order valence-corrected chi connectivity index (χ0v) is 24.5. The molecule has 2 aromatic rings. The first-order valence-corrected chi connectivity index (χ1v) is 15.1. The maximum absolute atomic E-state index is 13.7. The van der Waals surface area contributed by atoms with Crippen LogP contribution in [0.5, 0.6) is 0 Å². The number of carbonyl (C=O) groups is 2. The summed E-state index contributed by atoms with van der Waals surface area (Å²) in [6.45, 7) is 8.06. The molecule has 0 aromatic heterocycles. The molecular weight excluding hydrogens is 533 g/mol. The third-order valence-corrected chi connectivity index (χ3v) is 7.96. The molecule has 7 nitrogen and oxygen atoms in total. The molecule has 0 spiro atoms. The molecular formula is C27H37Cl2N3O4S. The number of nitrogens with one attached hydrogen (secondary N) is 1. The van der Waals surface area contributed by atoms with Gasteiger partial charge in [-0.05, 0) is 54.2 Å². The lowest BCUT2D eigenvalue weighted by molar-refractivity contribution is -0.140. The van der Waals surface area contributed by atoms with Crippen molar-refractivity contribution in [3.8, 4) is 0 Å². The first-order valence-electron chi connectivity index (χ1n) is 12.5. The minimum atomic E-state index is -3.79. The van der Waals surface area contributed by atoms with E-state index in [9.17, 15) is 18.0 Å². The third kappa shape index (κ3) is 8.90. The highest BCUT2D eigenvalue weighted by molar-refractivity contribution is 7.92. The smallest absolute Gasteiger partial charge is 0.244 e. The van der Waals surface area contributed by atoms with Gasteiger partial charge in [0, 0.05) is 13.1 Å². The number of rotatable bonds is 13. The van der Waals surface area contributed by atoms with Gasteiger partial charge in [0.1, 0.15) is 12.6 Å². The molecule has 2 amide bonds. The molecule has 0 radical (unpaired) electrons. The van der Waals surface area contributed by atoms with E-state index in [1.807, 2.05) is 39.8 Å². The molecule has 0 aliphatic carbocycles. The summed E-state index contributed by atoms with van der Waals surface area (Å²) in [5, 5.41) is 3.60. The predicted molar refractivity (Wildman–Crippen MR) is 152 cm³/mol. The van der Waals surface area contributed by atoms with Gasteiger partial charge in [-0.15, -0.1) is 0 Å². The van der Waals surface area contributed by atoms with E-state index in [-0.39, 0.29) is 18.4 Å². The third-order valence-electron chi connectivity index (χ3n) is 6.08. The molecule has 0 aliphatic rings. The maximum atomic E-state index is 13.7. The molecule has 10 heteroatoms. The molecule has 2 rings (SSSR count). The number of carbonyl (C=O) groups excluding carboxylic acids is 2. The van der Waals surface area contributed by atoms with Crippen LogP contribution in [0.4, 0.5) is 5.69 Å². The minimum absolute atomic E-state index is 0.0688. The van der Waals surface area contributed by atoms with E-state index in [2.05, 4.69) is 5.32 Å². The molecule has 0 heterocycles. The van der Waals surface area contributed by atoms with Crippen LogP contribution in [0.1, 0.15) is 64.0 Å². The largest absolute Gasteiger partial charge is 0.354 e. The molecule has 1 atom stereocenters. The normalized spacial score (nSPS) is 12.3. The van der Waals surface area contributed by atoms with Crippen LogP contribution in [0, 0.1) is 0 Å². The molecule has 204 valence electrons. The van der Waals surface area contributed by atoms with Crippen LogP contribution < -0.4 is 9.62 Å². The topological polar surface area (TPSA) is 86.8 Å². The molecule has 37 heavy (non-hydrogen) atoms. The average molecular weight is 571 g/mol. The highest BCUT2D eigenvalue weighted by Crippen LogP contribution is 2.25. The van der Waals surface area contributed by atoms with Gasteiger partial charge in [0.25, 0.3) is 0 Å². The van der Waals surface area contributed by atoms with Crippen LogP contribution in [0.2, 0.25) is 10.0 Å². The summed E-state index contributed by atoms with van der Waals surface area (Å²) in [6, 6.07) is 11.3. The second-order valence-corrected chi connectivity index (χ2v) is 12.1. The Morgan fingerprint density at radius 3 is 2.16 bits per heavy atom. The van der Waals surface area contributed by atoms with Gasteiger partial charge in [0.2, 0.25) is 21.8 Å². The molecule has 0 bridgehead atoms. The van der Waals surface area contributed by atoms with Gasteiger partial charge in [-0.1, -0.05) is 75.5 Å². The van der Waals surface area contributed by atoms with E-state index in [1.165, 1.54) is 4.90 Å². The van der Waals surface area contributed by atoms with Crippen LogP contribution in [0.15, 0.2) is 42.5 Å². The summed E-state index contributed by atoms with van der Waals surface area (Å²) in [4.78, 5) is 28.2. The van der Waals surface area contributed by atoms with Gasteiger partial charge in [-0.3, -0.25) is 13.9 Å². The van der Waals surface area contributed by atoms with Gasteiger partial charge in [0.05, 0.1) is 22.0 Å². The molecule has 0 saturated heterocycles. The lowest BCUT2D eigenvalue weighted by Crippen LogP contribution is -2.52. The van der Waals surface area contributed by atoms with Crippen molar-refractivity contribution in [1.29, 1.82) is 0 Å². The molecule has 1 N–H and O–H groups in total. The number of hydrogen-bond donors (Lipinski definition) is 1. The number of unbranched alkanes of at least 4 members (excludes halogenated alkanes) is 1. The van der Waals surface area contributed by atoms with Crippen molar-refractivity contribution in [1.82, 2.24) is 10.2 Å². The number of anilines is 1. The Kier molecular flexibility index (Phi) is 11.7.